The highest BCUT2D eigenvalue weighted by Gasteiger charge is 2.23. The summed E-state index contributed by atoms with van der Waals surface area (Å²) in [7, 11) is 0. The first-order chi connectivity index (χ1) is 12.2. The third-order valence-electron chi connectivity index (χ3n) is 4.67. The smallest absolute Gasteiger partial charge is 0.339 e. The van der Waals surface area contributed by atoms with Gasteiger partial charge in [-0.2, -0.15) is 0 Å². The van der Waals surface area contributed by atoms with Gasteiger partial charge in [-0.15, -0.1) is 0 Å². The summed E-state index contributed by atoms with van der Waals surface area (Å²) in [4.78, 5) is 24.8. The van der Waals surface area contributed by atoms with Crippen LogP contribution in [0.2, 0.25) is 0 Å². The second-order valence-corrected chi connectivity index (χ2v) is 6.76. The maximum atomic E-state index is 12.5. The molecule has 1 saturated carbocycles. The Morgan fingerprint density at radius 1 is 0.920 bits per heavy atom. The number of unbranched alkanes of at least 4 members (excludes halogenated alkanes) is 4. The number of ether oxygens (including phenoxy) is 2. The lowest BCUT2D eigenvalue weighted by atomic mass is 9.97. The molecule has 0 saturated heterocycles. The van der Waals surface area contributed by atoms with Crippen molar-refractivity contribution in [3.8, 4) is 0 Å². The molecule has 0 aromatic heterocycles. The fourth-order valence-electron chi connectivity index (χ4n) is 3.19. The van der Waals surface area contributed by atoms with E-state index in [9.17, 15) is 9.59 Å². The molecule has 0 radical (unpaired) electrons. The van der Waals surface area contributed by atoms with E-state index in [2.05, 4.69) is 6.92 Å². The van der Waals surface area contributed by atoms with E-state index in [1.807, 2.05) is 0 Å². The molecule has 1 aromatic carbocycles. The predicted octanol–water partition coefficient (Wildman–Crippen LogP) is 5.30. The molecule has 0 aliphatic heterocycles. The zero-order valence-electron chi connectivity index (χ0n) is 15.3. The average molecular weight is 346 g/mol. The summed E-state index contributed by atoms with van der Waals surface area (Å²) in [5, 5.41) is 0. The first kappa shape index (κ1) is 19.5. The van der Waals surface area contributed by atoms with Crippen LogP contribution in [0, 0.1) is 0 Å². The molecule has 0 spiro atoms. The number of carbonyl (C=O) groups excluding carboxylic acids is 2. The van der Waals surface area contributed by atoms with E-state index in [4.69, 9.17) is 9.47 Å². The molecule has 2 rings (SSSR count). The highest BCUT2D eigenvalue weighted by atomic mass is 16.5. The average Bonchev–Trinajstić information content (AvgIpc) is 2.65. The summed E-state index contributed by atoms with van der Waals surface area (Å²) in [5.41, 5.74) is 0.612. The Morgan fingerprint density at radius 3 is 2.24 bits per heavy atom. The molecule has 0 heterocycles. The van der Waals surface area contributed by atoms with Crippen molar-refractivity contribution in [2.75, 3.05) is 6.61 Å². The Labute approximate surface area is 150 Å². The summed E-state index contributed by atoms with van der Waals surface area (Å²) in [6.07, 6.45) is 10.7. The SMILES string of the molecule is CCCCCCCOC(=O)c1ccccc1C(=O)OC1CCCCC1. The van der Waals surface area contributed by atoms with Gasteiger partial charge >= 0.3 is 11.9 Å². The van der Waals surface area contributed by atoms with Crippen molar-refractivity contribution in [1.29, 1.82) is 0 Å². The van der Waals surface area contributed by atoms with Crippen molar-refractivity contribution < 1.29 is 19.1 Å². The van der Waals surface area contributed by atoms with Gasteiger partial charge in [0.05, 0.1) is 17.7 Å². The van der Waals surface area contributed by atoms with Crippen LogP contribution in [0.15, 0.2) is 24.3 Å². The van der Waals surface area contributed by atoms with Gasteiger partial charge in [-0.1, -0.05) is 51.2 Å². The Hall–Kier alpha value is -1.84. The van der Waals surface area contributed by atoms with Crippen LogP contribution >= 0.6 is 0 Å². The molecule has 1 aromatic rings. The minimum atomic E-state index is -0.438. The van der Waals surface area contributed by atoms with E-state index in [0.717, 1.165) is 38.5 Å². The van der Waals surface area contributed by atoms with Gasteiger partial charge in [-0.3, -0.25) is 0 Å². The third kappa shape index (κ3) is 6.52. The summed E-state index contributed by atoms with van der Waals surface area (Å²) in [6.45, 7) is 2.57. The van der Waals surface area contributed by atoms with Gasteiger partial charge < -0.3 is 9.47 Å². The van der Waals surface area contributed by atoms with Gasteiger partial charge in [0.25, 0.3) is 0 Å². The molecule has 4 heteroatoms. The number of rotatable bonds is 9. The number of benzene rings is 1. The zero-order valence-corrected chi connectivity index (χ0v) is 15.3. The summed E-state index contributed by atoms with van der Waals surface area (Å²) < 4.78 is 10.9. The van der Waals surface area contributed by atoms with Gasteiger partial charge in [0.2, 0.25) is 0 Å². The molecule has 138 valence electrons. The normalized spacial score (nSPS) is 14.9. The van der Waals surface area contributed by atoms with Crippen LogP contribution in [0.5, 0.6) is 0 Å². The van der Waals surface area contributed by atoms with Gasteiger partial charge in [0.15, 0.2) is 0 Å². The van der Waals surface area contributed by atoms with E-state index in [-0.39, 0.29) is 6.10 Å². The van der Waals surface area contributed by atoms with Crippen molar-refractivity contribution in [2.45, 2.75) is 77.2 Å². The molecule has 0 amide bonds. The molecule has 1 fully saturated rings. The van der Waals surface area contributed by atoms with Crippen molar-refractivity contribution in [2.24, 2.45) is 0 Å². The fourth-order valence-corrected chi connectivity index (χ4v) is 3.19. The first-order valence-corrected chi connectivity index (χ1v) is 9.69. The van der Waals surface area contributed by atoms with Crippen molar-refractivity contribution in [1.82, 2.24) is 0 Å². The maximum Gasteiger partial charge on any atom is 0.339 e. The Balaban J connectivity index is 1.87. The van der Waals surface area contributed by atoms with E-state index in [1.54, 1.807) is 24.3 Å². The number of carbonyl (C=O) groups is 2. The number of esters is 2. The highest BCUT2D eigenvalue weighted by molar-refractivity contribution is 6.03. The highest BCUT2D eigenvalue weighted by Crippen LogP contribution is 2.22. The molecule has 1 aliphatic carbocycles. The first-order valence-electron chi connectivity index (χ1n) is 9.69. The topological polar surface area (TPSA) is 52.6 Å². The molecule has 25 heavy (non-hydrogen) atoms. The second-order valence-electron chi connectivity index (χ2n) is 6.76. The molecule has 0 bridgehead atoms. The molecule has 1 aliphatic rings. The number of hydrogen-bond donors (Lipinski definition) is 0. The van der Waals surface area contributed by atoms with Gasteiger partial charge in [0.1, 0.15) is 6.10 Å². The van der Waals surface area contributed by atoms with Crippen LogP contribution in [0.1, 0.15) is 91.8 Å². The third-order valence-corrected chi connectivity index (χ3v) is 4.67. The summed E-state index contributed by atoms with van der Waals surface area (Å²) >= 11 is 0. The summed E-state index contributed by atoms with van der Waals surface area (Å²) in [5.74, 6) is -0.853. The quantitative estimate of drug-likeness (QED) is 0.449. The largest absolute Gasteiger partial charge is 0.462 e. The van der Waals surface area contributed by atoms with Crippen LogP contribution in [0.4, 0.5) is 0 Å². The van der Waals surface area contributed by atoms with Crippen molar-refractivity contribution in [3.05, 3.63) is 35.4 Å². The number of hydrogen-bond acceptors (Lipinski definition) is 4. The maximum absolute atomic E-state index is 12.5. The summed E-state index contributed by atoms with van der Waals surface area (Å²) in [6, 6.07) is 6.77. The lowest BCUT2D eigenvalue weighted by Gasteiger charge is -2.22. The monoisotopic (exact) mass is 346 g/mol. The molecule has 0 unspecified atom stereocenters. The van der Waals surface area contributed by atoms with E-state index in [0.29, 0.717) is 17.7 Å². The molecular weight excluding hydrogens is 316 g/mol. The van der Waals surface area contributed by atoms with E-state index >= 15 is 0 Å². The van der Waals surface area contributed by atoms with Crippen LogP contribution in [0.3, 0.4) is 0 Å². The Morgan fingerprint density at radius 2 is 1.56 bits per heavy atom. The Kier molecular flexibility index (Phi) is 8.50. The minimum Gasteiger partial charge on any atom is -0.462 e. The lowest BCUT2D eigenvalue weighted by molar-refractivity contribution is 0.0203. The van der Waals surface area contributed by atoms with Gasteiger partial charge in [-0.05, 0) is 44.2 Å². The van der Waals surface area contributed by atoms with Crippen molar-refractivity contribution in [3.63, 3.8) is 0 Å². The van der Waals surface area contributed by atoms with E-state index < -0.39 is 11.9 Å². The van der Waals surface area contributed by atoms with E-state index in [1.165, 1.54) is 25.7 Å². The lowest BCUT2D eigenvalue weighted by Crippen LogP contribution is -2.22. The van der Waals surface area contributed by atoms with Crippen LogP contribution < -0.4 is 0 Å². The van der Waals surface area contributed by atoms with Gasteiger partial charge in [-0.25, -0.2) is 9.59 Å². The minimum absolute atomic E-state index is 0.0242. The van der Waals surface area contributed by atoms with Crippen LogP contribution in [0.25, 0.3) is 0 Å². The fraction of sp³-hybridized carbons (Fsp3) is 0.619. The van der Waals surface area contributed by atoms with Crippen LogP contribution in [-0.2, 0) is 9.47 Å². The zero-order chi connectivity index (χ0) is 17.9. The van der Waals surface area contributed by atoms with Gasteiger partial charge in [0, 0.05) is 0 Å². The molecule has 0 N–H and O–H groups in total. The molecule has 4 nitrogen and oxygen atoms in total. The van der Waals surface area contributed by atoms with Crippen molar-refractivity contribution >= 4 is 11.9 Å². The standard InChI is InChI=1S/C21H30O4/c1-2-3-4-5-11-16-24-20(22)18-14-9-10-15-19(18)21(23)25-17-12-7-6-8-13-17/h9-10,14-15,17H,2-8,11-13,16H2,1H3. The predicted molar refractivity (Wildman–Crippen MR) is 97.8 cm³/mol. The van der Waals surface area contributed by atoms with Crippen LogP contribution in [-0.4, -0.2) is 24.6 Å². The Bertz CT molecular complexity index is 547. The second kappa shape index (κ2) is 10.9. The molecule has 0 atom stereocenters. The molecular formula is C21H30O4.